The van der Waals surface area contributed by atoms with Crippen molar-refractivity contribution in [3.8, 4) is 5.75 Å². The van der Waals surface area contributed by atoms with Crippen molar-refractivity contribution in [3.05, 3.63) is 59.4 Å². The van der Waals surface area contributed by atoms with Crippen molar-refractivity contribution in [2.45, 2.75) is 18.9 Å². The number of nitrogens with one attached hydrogen (secondary N) is 1. The highest BCUT2D eigenvalue weighted by molar-refractivity contribution is 6.04. The predicted octanol–water partition coefficient (Wildman–Crippen LogP) is 4.25. The third-order valence-corrected chi connectivity index (χ3v) is 4.34. The molecule has 3 rings (SSSR count). The van der Waals surface area contributed by atoms with Crippen LogP contribution in [0.25, 0.3) is 0 Å². The van der Waals surface area contributed by atoms with E-state index in [1.165, 1.54) is 0 Å². The number of likely N-dealkylation sites (tertiary alicyclic amines) is 1. The molecule has 0 spiro atoms. The van der Waals surface area contributed by atoms with Crippen molar-refractivity contribution < 1.29 is 22.7 Å². The van der Waals surface area contributed by atoms with Gasteiger partial charge in [0.1, 0.15) is 11.9 Å². The molecule has 27 heavy (non-hydrogen) atoms. The van der Waals surface area contributed by atoms with E-state index in [9.17, 15) is 18.0 Å². The lowest BCUT2D eigenvalue weighted by atomic mass is 10.1. The first kappa shape index (κ1) is 21.1. The molecule has 1 N–H and O–H groups in total. The van der Waals surface area contributed by atoms with E-state index in [0.717, 1.165) is 32.0 Å². The van der Waals surface area contributed by atoms with E-state index in [2.05, 4.69) is 17.3 Å². The number of nitrogens with zero attached hydrogens (tertiary/aromatic N) is 1. The van der Waals surface area contributed by atoms with Crippen LogP contribution >= 0.6 is 12.4 Å². The van der Waals surface area contributed by atoms with Gasteiger partial charge in [0.05, 0.1) is 5.56 Å². The van der Waals surface area contributed by atoms with Gasteiger partial charge in [-0.2, -0.15) is 0 Å². The number of carbonyl (C=O) groups excluding carboxylic acids is 1. The fourth-order valence-electron chi connectivity index (χ4n) is 2.84. The molecule has 1 heterocycles. The molecule has 0 aliphatic carbocycles. The number of hydrogen-bond donors (Lipinski definition) is 1. The van der Waals surface area contributed by atoms with Crippen molar-refractivity contribution in [1.29, 1.82) is 0 Å². The normalized spacial score (nSPS) is 15.1. The molecule has 1 fully saturated rings. The van der Waals surface area contributed by atoms with Crippen molar-refractivity contribution in [2.75, 3.05) is 25.5 Å². The highest BCUT2D eigenvalue weighted by atomic mass is 35.5. The van der Waals surface area contributed by atoms with E-state index in [-0.39, 0.29) is 18.5 Å². The summed E-state index contributed by atoms with van der Waals surface area (Å²) < 4.78 is 45.9. The average Bonchev–Trinajstić information content (AvgIpc) is 2.62. The van der Waals surface area contributed by atoms with Crippen molar-refractivity contribution in [2.24, 2.45) is 0 Å². The van der Waals surface area contributed by atoms with Gasteiger partial charge in [0, 0.05) is 24.8 Å². The van der Waals surface area contributed by atoms with Gasteiger partial charge in [0.2, 0.25) is 0 Å². The van der Waals surface area contributed by atoms with Gasteiger partial charge in [0.25, 0.3) is 5.91 Å². The van der Waals surface area contributed by atoms with Gasteiger partial charge < -0.3 is 15.0 Å². The summed E-state index contributed by atoms with van der Waals surface area (Å²) in [5.74, 6) is -4.80. The van der Waals surface area contributed by atoms with Crippen LogP contribution in [0.3, 0.4) is 0 Å². The molecule has 1 amide bonds. The molecule has 0 atom stereocenters. The molecule has 1 saturated heterocycles. The second kappa shape index (κ2) is 9.10. The van der Waals surface area contributed by atoms with Gasteiger partial charge in [0.15, 0.2) is 17.5 Å². The van der Waals surface area contributed by atoms with Crippen LogP contribution in [0.4, 0.5) is 18.9 Å². The maximum atomic E-state index is 13.7. The van der Waals surface area contributed by atoms with Gasteiger partial charge in [-0.3, -0.25) is 4.79 Å². The zero-order chi connectivity index (χ0) is 18.7. The molecule has 2 aromatic rings. The van der Waals surface area contributed by atoms with Gasteiger partial charge in [-0.05, 0) is 44.2 Å². The molecular formula is C19H20ClF3N2O2. The Labute approximate surface area is 161 Å². The van der Waals surface area contributed by atoms with E-state index in [1.54, 1.807) is 24.3 Å². The van der Waals surface area contributed by atoms with Gasteiger partial charge in [-0.15, -0.1) is 12.4 Å². The Morgan fingerprint density at radius 1 is 1.11 bits per heavy atom. The fourth-order valence-corrected chi connectivity index (χ4v) is 2.84. The third kappa shape index (κ3) is 5.14. The Kier molecular flexibility index (Phi) is 7.10. The van der Waals surface area contributed by atoms with Crippen LogP contribution in [0.5, 0.6) is 5.75 Å². The summed E-state index contributed by atoms with van der Waals surface area (Å²) in [5.41, 5.74) is -0.185. The molecule has 1 aliphatic heterocycles. The SMILES string of the molecule is CN1CCC(Oc2cccc(NC(=O)c3ccc(F)c(F)c3F)c2)CC1.Cl. The van der Waals surface area contributed by atoms with Crippen LogP contribution in [0, 0.1) is 17.5 Å². The summed E-state index contributed by atoms with van der Waals surface area (Å²) in [5, 5.41) is 2.47. The monoisotopic (exact) mass is 400 g/mol. The summed E-state index contributed by atoms with van der Waals surface area (Å²) >= 11 is 0. The molecule has 8 heteroatoms. The van der Waals surface area contributed by atoms with E-state index in [0.29, 0.717) is 17.5 Å². The Morgan fingerprint density at radius 3 is 2.52 bits per heavy atom. The van der Waals surface area contributed by atoms with Crippen LogP contribution in [-0.2, 0) is 0 Å². The van der Waals surface area contributed by atoms with E-state index in [1.807, 2.05) is 0 Å². The highest BCUT2D eigenvalue weighted by Crippen LogP contribution is 2.23. The minimum Gasteiger partial charge on any atom is -0.490 e. The number of piperidine rings is 1. The first-order chi connectivity index (χ1) is 12.4. The molecule has 0 saturated carbocycles. The van der Waals surface area contributed by atoms with Crippen molar-refractivity contribution >= 4 is 24.0 Å². The third-order valence-electron chi connectivity index (χ3n) is 4.34. The maximum absolute atomic E-state index is 13.7. The molecule has 0 bridgehead atoms. The molecular weight excluding hydrogens is 381 g/mol. The first-order valence-corrected chi connectivity index (χ1v) is 8.34. The van der Waals surface area contributed by atoms with Crippen molar-refractivity contribution in [1.82, 2.24) is 4.90 Å². The van der Waals surface area contributed by atoms with Crippen molar-refractivity contribution in [3.63, 3.8) is 0 Å². The summed E-state index contributed by atoms with van der Waals surface area (Å²) in [4.78, 5) is 14.4. The number of halogens is 4. The molecule has 2 aromatic carbocycles. The van der Waals surface area contributed by atoms with Crippen LogP contribution in [-0.4, -0.2) is 37.0 Å². The standard InChI is InChI=1S/C19H19F3N2O2.ClH/c1-24-9-7-13(8-10-24)26-14-4-2-3-12(11-14)23-19(25)15-5-6-16(20)18(22)17(15)21;/h2-6,11,13H,7-10H2,1H3,(H,23,25);1H. The summed E-state index contributed by atoms with van der Waals surface area (Å²) in [6.07, 6.45) is 1.92. The maximum Gasteiger partial charge on any atom is 0.258 e. The zero-order valence-corrected chi connectivity index (χ0v) is 15.5. The Balaban J connectivity index is 0.00000261. The second-order valence-corrected chi connectivity index (χ2v) is 6.33. The zero-order valence-electron chi connectivity index (χ0n) is 14.7. The molecule has 0 radical (unpaired) electrons. The number of ether oxygens (including phenoxy) is 1. The Hall–Kier alpha value is -2.25. The van der Waals surface area contributed by atoms with Crippen LogP contribution in [0.15, 0.2) is 36.4 Å². The van der Waals surface area contributed by atoms with Crippen LogP contribution in [0.2, 0.25) is 0 Å². The molecule has 146 valence electrons. The summed E-state index contributed by atoms with van der Waals surface area (Å²) in [6.45, 7) is 1.91. The van der Waals surface area contributed by atoms with E-state index >= 15 is 0 Å². The molecule has 1 aliphatic rings. The lowest BCUT2D eigenvalue weighted by Crippen LogP contribution is -2.35. The smallest absolute Gasteiger partial charge is 0.258 e. The molecule has 0 unspecified atom stereocenters. The Bertz CT molecular complexity index is 812. The van der Waals surface area contributed by atoms with Gasteiger partial charge >= 0.3 is 0 Å². The number of rotatable bonds is 4. The quantitative estimate of drug-likeness (QED) is 0.780. The summed E-state index contributed by atoms with van der Waals surface area (Å²) in [6, 6.07) is 8.31. The second-order valence-electron chi connectivity index (χ2n) is 6.33. The fraction of sp³-hybridized carbons (Fsp3) is 0.316. The minimum absolute atomic E-state index is 0. The van der Waals surface area contributed by atoms with E-state index in [4.69, 9.17) is 4.74 Å². The molecule has 0 aromatic heterocycles. The van der Waals surface area contributed by atoms with Crippen LogP contribution in [0.1, 0.15) is 23.2 Å². The Morgan fingerprint density at radius 2 is 1.81 bits per heavy atom. The lowest BCUT2D eigenvalue weighted by molar-refractivity contribution is 0.102. The molecule has 4 nitrogen and oxygen atoms in total. The van der Waals surface area contributed by atoms with E-state index < -0.39 is 28.9 Å². The number of hydrogen-bond acceptors (Lipinski definition) is 3. The number of anilines is 1. The first-order valence-electron chi connectivity index (χ1n) is 8.34. The minimum atomic E-state index is -1.67. The average molecular weight is 401 g/mol. The number of carbonyl (C=O) groups is 1. The van der Waals surface area contributed by atoms with Crippen LogP contribution < -0.4 is 10.1 Å². The van der Waals surface area contributed by atoms with Gasteiger partial charge in [-0.25, -0.2) is 13.2 Å². The number of benzene rings is 2. The highest BCUT2D eigenvalue weighted by Gasteiger charge is 2.20. The predicted molar refractivity (Wildman–Crippen MR) is 99.1 cm³/mol. The number of amides is 1. The topological polar surface area (TPSA) is 41.6 Å². The largest absolute Gasteiger partial charge is 0.490 e. The summed E-state index contributed by atoms with van der Waals surface area (Å²) in [7, 11) is 2.06. The van der Waals surface area contributed by atoms with Gasteiger partial charge in [-0.1, -0.05) is 6.07 Å². The lowest BCUT2D eigenvalue weighted by Gasteiger charge is -2.29.